The van der Waals surface area contributed by atoms with Crippen LogP contribution in [0.3, 0.4) is 0 Å². The molecule has 0 unspecified atom stereocenters. The molecule has 2 rings (SSSR count). The van der Waals surface area contributed by atoms with Gasteiger partial charge in [0.1, 0.15) is 0 Å². The standard InChI is InChI=1S/C7H5P3/c1-2-4-7-6(3-1)5-8-10-9-7/h1-5H. The number of hydrogen-bond donors (Lipinski definition) is 0. The highest BCUT2D eigenvalue weighted by atomic mass is 32.1. The van der Waals surface area contributed by atoms with Gasteiger partial charge in [0.2, 0.25) is 0 Å². The predicted octanol–water partition coefficient (Wildman–Crippen LogP) is 4.58. The van der Waals surface area contributed by atoms with Gasteiger partial charge in [-0.25, -0.2) is 0 Å². The summed E-state index contributed by atoms with van der Waals surface area (Å²) >= 11 is 0. The summed E-state index contributed by atoms with van der Waals surface area (Å²) in [6.45, 7) is 0. The average Bonchev–Trinajstić information content (AvgIpc) is 2.05. The molecule has 0 amide bonds. The van der Waals surface area contributed by atoms with Gasteiger partial charge in [-0.2, -0.15) is 0 Å². The van der Waals surface area contributed by atoms with Crippen LogP contribution in [-0.2, 0) is 0 Å². The molecule has 1 aromatic heterocycles. The Balaban J connectivity index is 2.89. The van der Waals surface area contributed by atoms with E-state index in [4.69, 9.17) is 0 Å². The fourth-order valence-corrected chi connectivity index (χ4v) is 5.22. The maximum absolute atomic E-state index is 2.29. The van der Waals surface area contributed by atoms with E-state index >= 15 is 0 Å². The van der Waals surface area contributed by atoms with Crippen LogP contribution < -0.4 is 0 Å². The Morgan fingerprint density at radius 3 is 2.90 bits per heavy atom. The average molecular weight is 182 g/mol. The molecule has 0 aliphatic rings. The van der Waals surface area contributed by atoms with E-state index in [-0.39, 0.29) is 0 Å². The van der Waals surface area contributed by atoms with E-state index in [2.05, 4.69) is 30.1 Å². The molecular formula is C7H5P3. The van der Waals surface area contributed by atoms with Crippen molar-refractivity contribution in [2.24, 2.45) is 0 Å². The van der Waals surface area contributed by atoms with E-state index in [1.165, 1.54) is 33.8 Å². The van der Waals surface area contributed by atoms with E-state index in [0.717, 1.165) is 0 Å². The topological polar surface area (TPSA) is 0 Å². The van der Waals surface area contributed by atoms with Gasteiger partial charge in [0.15, 0.2) is 0 Å². The van der Waals surface area contributed by atoms with Gasteiger partial charge in [-0.15, -0.1) is 0 Å². The third kappa shape index (κ3) is 1.21. The second-order valence-electron chi connectivity index (χ2n) is 1.99. The summed E-state index contributed by atoms with van der Waals surface area (Å²) in [6, 6.07) is 8.60. The van der Waals surface area contributed by atoms with Gasteiger partial charge in [-0.3, -0.25) is 0 Å². The fourth-order valence-electron chi connectivity index (χ4n) is 0.850. The minimum absolute atomic E-state index is 1.42. The largest absolute Gasteiger partial charge is 0.0616 e. The van der Waals surface area contributed by atoms with E-state index in [0.29, 0.717) is 0 Å². The summed E-state index contributed by atoms with van der Waals surface area (Å²) < 4.78 is 0. The van der Waals surface area contributed by atoms with Crippen molar-refractivity contribution in [3.8, 4) is 0 Å². The Labute approximate surface area is 64.4 Å². The molecule has 0 radical (unpaired) electrons. The van der Waals surface area contributed by atoms with Crippen LogP contribution in [0.1, 0.15) is 0 Å². The second kappa shape index (κ2) is 2.93. The highest BCUT2D eigenvalue weighted by molar-refractivity contribution is 8.17. The van der Waals surface area contributed by atoms with Crippen LogP contribution in [0.2, 0.25) is 0 Å². The van der Waals surface area contributed by atoms with Crippen molar-refractivity contribution in [3.63, 3.8) is 0 Å². The maximum Gasteiger partial charge on any atom is 0.0142 e. The molecule has 0 spiro atoms. The molecule has 0 atom stereocenters. The summed E-state index contributed by atoms with van der Waals surface area (Å²) in [7, 11) is 4.39. The Morgan fingerprint density at radius 1 is 1.10 bits per heavy atom. The van der Waals surface area contributed by atoms with E-state index in [1.807, 2.05) is 0 Å². The summed E-state index contributed by atoms with van der Waals surface area (Å²) in [4.78, 5) is 0. The van der Waals surface area contributed by atoms with Crippen molar-refractivity contribution in [1.29, 1.82) is 0 Å². The Bertz CT molecular complexity index is 280. The van der Waals surface area contributed by atoms with Crippen molar-refractivity contribution in [3.05, 3.63) is 30.1 Å². The quantitative estimate of drug-likeness (QED) is 0.559. The third-order valence-corrected chi connectivity index (χ3v) is 5.85. The minimum atomic E-state index is 1.42. The molecule has 0 saturated carbocycles. The molecule has 0 aliphatic heterocycles. The highest BCUT2D eigenvalue weighted by Crippen LogP contribution is 2.36. The fraction of sp³-hybridized carbons (Fsp3) is 0. The number of rotatable bonds is 0. The lowest BCUT2D eigenvalue weighted by Crippen LogP contribution is -1.58. The van der Waals surface area contributed by atoms with Crippen molar-refractivity contribution < 1.29 is 0 Å². The lowest BCUT2D eigenvalue weighted by Gasteiger charge is -1.90. The zero-order valence-electron chi connectivity index (χ0n) is 5.23. The Kier molecular flexibility index (Phi) is 1.96. The summed E-state index contributed by atoms with van der Waals surface area (Å²) in [5.41, 5.74) is 0. The first-order valence-electron chi connectivity index (χ1n) is 3.00. The van der Waals surface area contributed by atoms with Gasteiger partial charge >= 0.3 is 0 Å². The zero-order chi connectivity index (χ0) is 6.81. The molecule has 1 aromatic carbocycles. The molecule has 0 N–H and O–H groups in total. The van der Waals surface area contributed by atoms with E-state index < -0.39 is 0 Å². The van der Waals surface area contributed by atoms with Crippen LogP contribution in [0.25, 0.3) is 10.5 Å². The third-order valence-electron chi connectivity index (χ3n) is 1.34. The molecule has 3 heteroatoms. The smallest absolute Gasteiger partial charge is 0.0142 e. The van der Waals surface area contributed by atoms with Crippen LogP contribution >= 0.6 is 23.3 Å². The van der Waals surface area contributed by atoms with Crippen LogP contribution in [-0.4, -0.2) is 0 Å². The highest BCUT2D eigenvalue weighted by Gasteiger charge is 1.86. The monoisotopic (exact) mass is 182 g/mol. The van der Waals surface area contributed by atoms with E-state index in [9.17, 15) is 0 Å². The summed E-state index contributed by atoms with van der Waals surface area (Å²) in [5.74, 6) is 2.29. The van der Waals surface area contributed by atoms with Crippen molar-refractivity contribution in [1.82, 2.24) is 0 Å². The molecule has 2 aromatic rings. The molecular weight excluding hydrogens is 177 g/mol. The zero-order valence-corrected chi connectivity index (χ0v) is 7.91. The van der Waals surface area contributed by atoms with Crippen LogP contribution in [0, 0.1) is 0 Å². The first-order chi connectivity index (χ1) is 4.97. The number of benzene rings is 1. The van der Waals surface area contributed by atoms with Crippen LogP contribution in [0.5, 0.6) is 0 Å². The molecule has 0 bridgehead atoms. The lowest BCUT2D eigenvalue weighted by molar-refractivity contribution is 1.86. The predicted molar refractivity (Wildman–Crippen MR) is 51.5 cm³/mol. The first kappa shape index (κ1) is 6.68. The normalized spacial score (nSPS) is 12.4. The molecule has 1 heterocycles. The van der Waals surface area contributed by atoms with Gasteiger partial charge < -0.3 is 0 Å². The molecule has 0 aliphatic carbocycles. The van der Waals surface area contributed by atoms with Crippen LogP contribution in [0.4, 0.5) is 0 Å². The summed E-state index contributed by atoms with van der Waals surface area (Å²) in [5, 5.41) is 2.90. The first-order valence-corrected chi connectivity index (χ1v) is 7.16. The van der Waals surface area contributed by atoms with Crippen molar-refractivity contribution >= 4 is 33.8 Å². The minimum Gasteiger partial charge on any atom is -0.0616 e. The second-order valence-corrected chi connectivity index (χ2v) is 6.78. The Hall–Kier alpha value is -0.0100. The number of hydrogen-bond acceptors (Lipinski definition) is 0. The van der Waals surface area contributed by atoms with Gasteiger partial charge in [0.05, 0.1) is 0 Å². The van der Waals surface area contributed by atoms with Gasteiger partial charge in [0.25, 0.3) is 0 Å². The molecule has 0 saturated heterocycles. The molecule has 10 heavy (non-hydrogen) atoms. The maximum atomic E-state index is 2.29. The number of fused-ring (bicyclic) bond motifs is 1. The summed E-state index contributed by atoms with van der Waals surface area (Å²) in [6.07, 6.45) is 0. The van der Waals surface area contributed by atoms with E-state index in [1.54, 1.807) is 0 Å². The van der Waals surface area contributed by atoms with Gasteiger partial charge in [-0.1, -0.05) is 18.2 Å². The van der Waals surface area contributed by atoms with Gasteiger partial charge in [0, 0.05) is 5.12 Å². The van der Waals surface area contributed by atoms with Crippen molar-refractivity contribution in [2.75, 3.05) is 0 Å². The Morgan fingerprint density at radius 2 is 2.00 bits per heavy atom. The van der Waals surface area contributed by atoms with Crippen molar-refractivity contribution in [2.45, 2.75) is 0 Å². The lowest BCUT2D eigenvalue weighted by atomic mass is 10.3. The van der Waals surface area contributed by atoms with Crippen LogP contribution in [0.15, 0.2) is 30.1 Å². The molecule has 48 valence electrons. The molecule has 0 fully saturated rings. The SMILES string of the molecule is c1ccc2pppcc2c1. The van der Waals surface area contributed by atoms with Gasteiger partial charge in [-0.05, 0) is 40.5 Å². The molecule has 0 nitrogen and oxygen atoms in total.